The molecule has 1 heteroatoms. The van der Waals surface area contributed by atoms with E-state index in [2.05, 4.69) is 20.8 Å². The maximum atomic E-state index is 12.0. The summed E-state index contributed by atoms with van der Waals surface area (Å²) in [6.45, 7) is 6.77. The molecule has 84 valence electrons. The van der Waals surface area contributed by atoms with E-state index in [4.69, 9.17) is 0 Å². The highest BCUT2D eigenvalue weighted by atomic mass is 16.1. The molecular weight excluding hydrogens is 184 g/mol. The second-order valence-electron chi connectivity index (χ2n) is 5.46. The molecule has 2 aliphatic carbocycles. The predicted octanol–water partition coefficient (Wildman–Crippen LogP) is 3.88. The normalized spacial score (nSPS) is 36.7. The van der Waals surface area contributed by atoms with Gasteiger partial charge in [0.15, 0.2) is 0 Å². The summed E-state index contributed by atoms with van der Waals surface area (Å²) < 4.78 is 0. The van der Waals surface area contributed by atoms with E-state index in [1.807, 2.05) is 0 Å². The van der Waals surface area contributed by atoms with Crippen molar-refractivity contribution in [3.63, 3.8) is 0 Å². The molecule has 0 spiro atoms. The lowest BCUT2D eigenvalue weighted by atomic mass is 9.57. The Hall–Kier alpha value is -0.590. The maximum absolute atomic E-state index is 12.0. The summed E-state index contributed by atoms with van der Waals surface area (Å²) in [6, 6.07) is 0. The quantitative estimate of drug-likeness (QED) is 0.595. The summed E-state index contributed by atoms with van der Waals surface area (Å²) in [4.78, 5) is 12.0. The Bertz CT molecular complexity index is 313. The Morgan fingerprint density at radius 1 is 1.33 bits per heavy atom. The molecule has 0 N–H and O–H groups in total. The van der Waals surface area contributed by atoms with Gasteiger partial charge in [0.2, 0.25) is 0 Å². The SMILES string of the molecule is CC[C@@H]1C(=O)CCC2=C(C)CCCC21C. The smallest absolute Gasteiger partial charge is 0.137 e. The summed E-state index contributed by atoms with van der Waals surface area (Å²) >= 11 is 0. The number of fused-ring (bicyclic) bond motifs is 1. The van der Waals surface area contributed by atoms with Crippen molar-refractivity contribution in [2.75, 3.05) is 0 Å². The third-order valence-electron chi connectivity index (χ3n) is 4.64. The average molecular weight is 206 g/mol. The first-order valence-corrected chi connectivity index (χ1v) is 6.31. The summed E-state index contributed by atoms with van der Waals surface area (Å²) in [7, 11) is 0. The molecule has 0 heterocycles. The Morgan fingerprint density at radius 3 is 2.73 bits per heavy atom. The third-order valence-corrected chi connectivity index (χ3v) is 4.64. The summed E-state index contributed by atoms with van der Waals surface area (Å²) in [5, 5.41) is 0. The lowest BCUT2D eigenvalue weighted by Crippen LogP contribution is -2.41. The van der Waals surface area contributed by atoms with Crippen LogP contribution in [-0.2, 0) is 4.79 Å². The van der Waals surface area contributed by atoms with Crippen molar-refractivity contribution in [3.8, 4) is 0 Å². The standard InChI is InChI=1S/C14H22O/c1-4-11-13(15)8-7-12-10(2)6-5-9-14(11,12)3/h11H,4-9H2,1-3H3/t11-,14?/m1/s1. The van der Waals surface area contributed by atoms with Crippen LogP contribution in [-0.4, -0.2) is 5.78 Å². The Balaban J connectivity index is 2.42. The van der Waals surface area contributed by atoms with Gasteiger partial charge in [-0.1, -0.05) is 25.0 Å². The van der Waals surface area contributed by atoms with Crippen LogP contribution in [0.25, 0.3) is 0 Å². The van der Waals surface area contributed by atoms with Crippen LogP contribution in [0.15, 0.2) is 11.1 Å². The second-order valence-corrected chi connectivity index (χ2v) is 5.46. The Morgan fingerprint density at radius 2 is 2.07 bits per heavy atom. The van der Waals surface area contributed by atoms with Gasteiger partial charge in [-0.2, -0.15) is 0 Å². The molecule has 2 rings (SSSR count). The lowest BCUT2D eigenvalue weighted by Gasteiger charge is -2.46. The van der Waals surface area contributed by atoms with Gasteiger partial charge in [0, 0.05) is 12.3 Å². The molecule has 0 amide bonds. The average Bonchev–Trinajstić information content (AvgIpc) is 2.17. The number of hydrogen-bond donors (Lipinski definition) is 0. The zero-order chi connectivity index (χ0) is 11.1. The number of ketones is 1. The summed E-state index contributed by atoms with van der Waals surface area (Å²) in [5.41, 5.74) is 3.42. The topological polar surface area (TPSA) is 17.1 Å². The lowest BCUT2D eigenvalue weighted by molar-refractivity contribution is -0.128. The molecule has 0 aromatic heterocycles. The zero-order valence-electron chi connectivity index (χ0n) is 10.2. The number of Topliss-reactive ketones (excluding diaryl/α,β-unsaturated/α-hetero) is 1. The van der Waals surface area contributed by atoms with Gasteiger partial charge in [0.05, 0.1) is 0 Å². The number of carbonyl (C=O) groups excluding carboxylic acids is 1. The van der Waals surface area contributed by atoms with Crippen LogP contribution >= 0.6 is 0 Å². The Kier molecular flexibility index (Phi) is 2.74. The summed E-state index contributed by atoms with van der Waals surface area (Å²) in [5.74, 6) is 0.815. The monoisotopic (exact) mass is 206 g/mol. The van der Waals surface area contributed by atoms with Gasteiger partial charge >= 0.3 is 0 Å². The molecule has 2 atom stereocenters. The van der Waals surface area contributed by atoms with Crippen molar-refractivity contribution in [1.29, 1.82) is 0 Å². The molecule has 0 radical (unpaired) electrons. The fourth-order valence-electron chi connectivity index (χ4n) is 3.85. The molecule has 1 saturated carbocycles. The second kappa shape index (κ2) is 3.77. The highest BCUT2D eigenvalue weighted by molar-refractivity contribution is 5.84. The molecule has 0 aromatic rings. The number of allylic oxidation sites excluding steroid dienone is 2. The number of rotatable bonds is 1. The molecule has 1 fully saturated rings. The first-order valence-electron chi connectivity index (χ1n) is 6.31. The molecule has 0 aliphatic heterocycles. The molecule has 1 nitrogen and oxygen atoms in total. The minimum Gasteiger partial charge on any atom is -0.299 e. The fourth-order valence-corrected chi connectivity index (χ4v) is 3.85. The van der Waals surface area contributed by atoms with Gasteiger partial charge in [0.1, 0.15) is 5.78 Å². The molecule has 15 heavy (non-hydrogen) atoms. The molecule has 0 aromatic carbocycles. The van der Waals surface area contributed by atoms with Crippen molar-refractivity contribution >= 4 is 5.78 Å². The molecule has 2 aliphatic rings. The Labute approximate surface area is 92.9 Å². The van der Waals surface area contributed by atoms with E-state index in [-0.39, 0.29) is 5.41 Å². The van der Waals surface area contributed by atoms with E-state index < -0.39 is 0 Å². The van der Waals surface area contributed by atoms with Gasteiger partial charge in [-0.25, -0.2) is 0 Å². The van der Waals surface area contributed by atoms with Crippen molar-refractivity contribution in [3.05, 3.63) is 11.1 Å². The first kappa shape index (κ1) is 10.9. The van der Waals surface area contributed by atoms with Crippen LogP contribution in [0.5, 0.6) is 0 Å². The third kappa shape index (κ3) is 1.56. The number of carbonyl (C=O) groups is 1. The van der Waals surface area contributed by atoms with Crippen LogP contribution < -0.4 is 0 Å². The number of hydrogen-bond acceptors (Lipinski definition) is 1. The van der Waals surface area contributed by atoms with Crippen molar-refractivity contribution in [2.24, 2.45) is 11.3 Å². The minimum absolute atomic E-state index is 0.215. The first-order chi connectivity index (χ1) is 7.09. The molecule has 1 unspecified atom stereocenters. The van der Waals surface area contributed by atoms with Gasteiger partial charge < -0.3 is 0 Å². The van der Waals surface area contributed by atoms with Gasteiger partial charge in [0.25, 0.3) is 0 Å². The van der Waals surface area contributed by atoms with E-state index >= 15 is 0 Å². The largest absolute Gasteiger partial charge is 0.299 e. The van der Waals surface area contributed by atoms with E-state index in [0.717, 1.165) is 19.3 Å². The predicted molar refractivity (Wildman–Crippen MR) is 62.7 cm³/mol. The van der Waals surface area contributed by atoms with E-state index in [9.17, 15) is 4.79 Å². The minimum atomic E-state index is 0.215. The van der Waals surface area contributed by atoms with Crippen LogP contribution in [0.3, 0.4) is 0 Å². The van der Waals surface area contributed by atoms with Crippen molar-refractivity contribution in [2.45, 2.75) is 59.3 Å². The fraction of sp³-hybridized carbons (Fsp3) is 0.786. The maximum Gasteiger partial charge on any atom is 0.137 e. The summed E-state index contributed by atoms with van der Waals surface area (Å²) in [6.07, 6.45) is 6.61. The van der Waals surface area contributed by atoms with E-state index in [0.29, 0.717) is 11.7 Å². The molecule has 0 bridgehead atoms. The van der Waals surface area contributed by atoms with Crippen LogP contribution in [0.1, 0.15) is 59.3 Å². The van der Waals surface area contributed by atoms with Crippen molar-refractivity contribution in [1.82, 2.24) is 0 Å². The van der Waals surface area contributed by atoms with Crippen LogP contribution in [0.2, 0.25) is 0 Å². The molecular formula is C14H22O. The van der Waals surface area contributed by atoms with Gasteiger partial charge in [-0.3, -0.25) is 4.79 Å². The van der Waals surface area contributed by atoms with Gasteiger partial charge in [-0.05, 0) is 44.4 Å². The molecule has 0 saturated heterocycles. The van der Waals surface area contributed by atoms with Crippen molar-refractivity contribution < 1.29 is 4.79 Å². The van der Waals surface area contributed by atoms with E-state index in [1.54, 1.807) is 11.1 Å². The van der Waals surface area contributed by atoms with Crippen LogP contribution in [0, 0.1) is 11.3 Å². The highest BCUT2D eigenvalue weighted by Crippen LogP contribution is 2.52. The zero-order valence-corrected chi connectivity index (χ0v) is 10.2. The van der Waals surface area contributed by atoms with Gasteiger partial charge in [-0.15, -0.1) is 0 Å². The van der Waals surface area contributed by atoms with Crippen LogP contribution in [0.4, 0.5) is 0 Å². The highest BCUT2D eigenvalue weighted by Gasteiger charge is 2.45. The van der Waals surface area contributed by atoms with E-state index in [1.165, 1.54) is 19.3 Å².